The summed E-state index contributed by atoms with van der Waals surface area (Å²) in [5.41, 5.74) is 2.82. The highest BCUT2D eigenvalue weighted by molar-refractivity contribution is 5.91. The molecule has 62 valence electrons. The summed E-state index contributed by atoms with van der Waals surface area (Å²) in [7, 11) is 1.53. The number of nitrogens with zero attached hydrogens (tertiary/aromatic N) is 2. The number of rotatable bonds is 0. The van der Waals surface area contributed by atoms with Crippen molar-refractivity contribution >= 4 is 11.9 Å². The number of hydrogen-bond donors (Lipinski definition) is 0. The van der Waals surface area contributed by atoms with Crippen molar-refractivity contribution in [2.24, 2.45) is 5.10 Å². The van der Waals surface area contributed by atoms with Gasteiger partial charge in [-0.3, -0.25) is 0 Å². The zero-order valence-corrected chi connectivity index (χ0v) is 7.11. The predicted molar refractivity (Wildman–Crippen MR) is 49.9 cm³/mol. The average molecular weight is 162 g/mol. The first-order valence-corrected chi connectivity index (χ1v) is 3.84. The van der Waals surface area contributed by atoms with E-state index in [2.05, 4.69) is 5.10 Å². The van der Waals surface area contributed by atoms with E-state index in [9.17, 15) is 5.21 Å². The van der Waals surface area contributed by atoms with Crippen LogP contribution < -0.4 is 4.76 Å². The second-order valence-corrected chi connectivity index (χ2v) is 3.19. The fraction of sp³-hybridized carbons (Fsp3) is 0.222. The van der Waals surface area contributed by atoms with E-state index in [1.54, 1.807) is 6.21 Å². The fourth-order valence-corrected chi connectivity index (χ4v) is 1.39. The first kappa shape index (κ1) is 7.46. The molecule has 3 heteroatoms. The highest BCUT2D eigenvalue weighted by Crippen LogP contribution is 2.29. The molecule has 12 heavy (non-hydrogen) atoms. The van der Waals surface area contributed by atoms with Crippen molar-refractivity contribution in [1.29, 1.82) is 0 Å². The van der Waals surface area contributed by atoms with Crippen LogP contribution in [0, 0.1) is 12.1 Å². The number of benzene rings is 1. The Morgan fingerprint density at radius 1 is 1.42 bits per heavy atom. The van der Waals surface area contributed by atoms with Crippen LogP contribution in [0.1, 0.15) is 11.1 Å². The smallest absolute Gasteiger partial charge is 0.168 e. The normalized spacial score (nSPS) is 25.9. The summed E-state index contributed by atoms with van der Waals surface area (Å²) < 4.78 is -0.629. The Hall–Kier alpha value is -1.19. The van der Waals surface area contributed by atoms with E-state index < -0.39 is 4.76 Å². The van der Waals surface area contributed by atoms with Gasteiger partial charge in [0.05, 0.1) is 18.8 Å². The molecular weight excluding hydrogens is 152 g/mol. The van der Waals surface area contributed by atoms with Crippen LogP contribution >= 0.6 is 0 Å². The molecule has 1 aromatic carbocycles. The van der Waals surface area contributed by atoms with Crippen molar-refractivity contribution in [3.63, 3.8) is 0 Å². The Kier molecular flexibility index (Phi) is 1.34. The van der Waals surface area contributed by atoms with E-state index in [0.29, 0.717) is 0 Å². The SMILES string of the molecule is Cc1ccc2c(c1)C=N[N+]2(C)[O-]. The lowest BCUT2D eigenvalue weighted by Gasteiger charge is -2.27. The number of quaternary nitrogens is 1. The molecule has 1 unspecified atom stereocenters. The van der Waals surface area contributed by atoms with Gasteiger partial charge in [-0.25, -0.2) is 4.76 Å². The van der Waals surface area contributed by atoms with Crippen molar-refractivity contribution in [2.45, 2.75) is 6.92 Å². The standard InChI is InChI=1S/C9H10N2O/c1-7-3-4-9-8(5-7)6-10-11(9,2)12/h3-6H,1-2H3. The van der Waals surface area contributed by atoms with Crippen molar-refractivity contribution < 1.29 is 0 Å². The molecule has 1 aliphatic heterocycles. The van der Waals surface area contributed by atoms with E-state index in [1.807, 2.05) is 25.1 Å². The topological polar surface area (TPSA) is 35.4 Å². The molecule has 1 aromatic rings. The Balaban J connectivity index is 2.62. The molecule has 0 saturated heterocycles. The third kappa shape index (κ3) is 0.948. The third-order valence-corrected chi connectivity index (χ3v) is 2.05. The molecule has 0 bridgehead atoms. The van der Waals surface area contributed by atoms with Gasteiger partial charge in [0.2, 0.25) is 0 Å². The molecule has 1 atom stereocenters. The van der Waals surface area contributed by atoms with E-state index in [1.165, 1.54) is 7.05 Å². The Morgan fingerprint density at radius 3 is 2.92 bits per heavy atom. The van der Waals surface area contributed by atoms with Gasteiger partial charge >= 0.3 is 0 Å². The van der Waals surface area contributed by atoms with Crippen LogP contribution in [0.15, 0.2) is 23.3 Å². The lowest BCUT2D eigenvalue weighted by Crippen LogP contribution is -2.28. The van der Waals surface area contributed by atoms with Gasteiger partial charge in [-0.2, -0.15) is 0 Å². The van der Waals surface area contributed by atoms with E-state index in [4.69, 9.17) is 0 Å². The second kappa shape index (κ2) is 2.15. The maximum absolute atomic E-state index is 11.6. The van der Waals surface area contributed by atoms with Crippen LogP contribution in [-0.4, -0.2) is 13.3 Å². The quantitative estimate of drug-likeness (QED) is 0.423. The summed E-state index contributed by atoms with van der Waals surface area (Å²) in [5.74, 6) is 0. The minimum Gasteiger partial charge on any atom is -0.600 e. The van der Waals surface area contributed by atoms with E-state index >= 15 is 0 Å². The van der Waals surface area contributed by atoms with Gasteiger partial charge < -0.3 is 5.21 Å². The molecular formula is C9H10N2O. The van der Waals surface area contributed by atoms with Gasteiger partial charge in [-0.15, -0.1) is 0 Å². The highest BCUT2D eigenvalue weighted by atomic mass is 16.6. The van der Waals surface area contributed by atoms with Gasteiger partial charge in [0.15, 0.2) is 5.69 Å². The van der Waals surface area contributed by atoms with Crippen LogP contribution in [0.5, 0.6) is 0 Å². The molecule has 0 amide bonds. The molecule has 3 nitrogen and oxygen atoms in total. The fourth-order valence-electron chi connectivity index (χ4n) is 1.39. The van der Waals surface area contributed by atoms with Gasteiger partial charge in [0.1, 0.15) is 0 Å². The van der Waals surface area contributed by atoms with E-state index in [0.717, 1.165) is 16.8 Å². The number of fused-ring (bicyclic) bond motifs is 1. The minimum absolute atomic E-state index is 0.629. The third-order valence-electron chi connectivity index (χ3n) is 2.05. The summed E-state index contributed by atoms with van der Waals surface area (Å²) in [6.45, 7) is 2.00. The van der Waals surface area contributed by atoms with Crippen LogP contribution in [0.4, 0.5) is 5.69 Å². The molecule has 1 aliphatic rings. The Labute approximate surface area is 71.1 Å². The second-order valence-electron chi connectivity index (χ2n) is 3.19. The molecule has 0 radical (unpaired) electrons. The highest BCUT2D eigenvalue weighted by Gasteiger charge is 2.23. The maximum Gasteiger partial charge on any atom is 0.168 e. The molecule has 0 saturated carbocycles. The van der Waals surface area contributed by atoms with Crippen LogP contribution in [0.25, 0.3) is 0 Å². The maximum atomic E-state index is 11.6. The summed E-state index contributed by atoms with van der Waals surface area (Å²) >= 11 is 0. The van der Waals surface area contributed by atoms with Crippen LogP contribution in [-0.2, 0) is 0 Å². The number of hydrogen-bond acceptors (Lipinski definition) is 2. The summed E-state index contributed by atoms with van der Waals surface area (Å²) in [6, 6.07) is 5.74. The van der Waals surface area contributed by atoms with Gasteiger partial charge in [0.25, 0.3) is 0 Å². The van der Waals surface area contributed by atoms with Crippen molar-refractivity contribution in [3.8, 4) is 0 Å². The van der Waals surface area contributed by atoms with Crippen LogP contribution in [0.3, 0.4) is 0 Å². The average Bonchev–Trinajstić information content (AvgIpc) is 2.27. The molecule has 0 aliphatic carbocycles. The first-order chi connectivity index (χ1) is 5.59. The zero-order chi connectivity index (χ0) is 8.77. The lowest BCUT2D eigenvalue weighted by molar-refractivity contribution is 0.488. The van der Waals surface area contributed by atoms with Gasteiger partial charge in [-0.1, -0.05) is 16.7 Å². The van der Waals surface area contributed by atoms with Gasteiger partial charge in [0, 0.05) is 6.07 Å². The summed E-state index contributed by atoms with van der Waals surface area (Å²) in [5, 5.41) is 15.4. The monoisotopic (exact) mass is 162 g/mol. The van der Waals surface area contributed by atoms with Crippen molar-refractivity contribution in [1.82, 2.24) is 4.76 Å². The first-order valence-electron chi connectivity index (χ1n) is 3.84. The number of aryl methyl sites for hydroxylation is 1. The molecule has 0 aromatic heterocycles. The Bertz CT molecular complexity index is 356. The molecule has 0 fully saturated rings. The minimum atomic E-state index is -0.629. The zero-order valence-electron chi connectivity index (χ0n) is 7.11. The summed E-state index contributed by atoms with van der Waals surface area (Å²) in [6.07, 6.45) is 1.63. The van der Waals surface area contributed by atoms with E-state index in [-0.39, 0.29) is 0 Å². The predicted octanol–water partition coefficient (Wildman–Crippen LogP) is 1.78. The van der Waals surface area contributed by atoms with Gasteiger partial charge in [-0.05, 0) is 13.0 Å². The van der Waals surface area contributed by atoms with Crippen molar-refractivity contribution in [2.75, 3.05) is 7.05 Å². The molecule has 0 spiro atoms. The van der Waals surface area contributed by atoms with Crippen molar-refractivity contribution in [3.05, 3.63) is 34.5 Å². The summed E-state index contributed by atoms with van der Waals surface area (Å²) in [4.78, 5) is 0. The lowest BCUT2D eigenvalue weighted by atomic mass is 10.1. The largest absolute Gasteiger partial charge is 0.600 e. The Morgan fingerprint density at radius 2 is 2.17 bits per heavy atom. The molecule has 0 N–H and O–H groups in total. The molecule has 1 heterocycles. The van der Waals surface area contributed by atoms with Crippen LogP contribution in [0.2, 0.25) is 0 Å². The number of hydroxylamine groups is 1. The molecule has 2 rings (SSSR count).